The number of hydrogen-bond acceptors (Lipinski definition) is 7. The molecule has 0 radical (unpaired) electrons. The molecule has 4 saturated heterocycles. The normalized spacial score (nSPS) is 53.0. The molecule has 0 aromatic carbocycles. The molecule has 0 unspecified atom stereocenters. The van der Waals surface area contributed by atoms with E-state index in [0.29, 0.717) is 11.8 Å². The Hall–Kier alpha value is -0.250. The Labute approximate surface area is 166 Å². The van der Waals surface area contributed by atoms with Gasteiger partial charge in [0.2, 0.25) is 5.79 Å². The molecule has 144 valence electrons. The summed E-state index contributed by atoms with van der Waals surface area (Å²) in [5.74, 6) is 0.364. The Kier molecular flexibility index (Phi) is 4.03. The van der Waals surface area contributed by atoms with E-state index in [9.17, 15) is 0 Å². The molecule has 8 heteroatoms. The zero-order valence-corrected chi connectivity index (χ0v) is 17.6. The van der Waals surface area contributed by atoms with E-state index in [1.807, 2.05) is 12.3 Å². The molecule has 26 heavy (non-hydrogen) atoms. The predicted molar refractivity (Wildman–Crippen MR) is 101 cm³/mol. The molecule has 6 rings (SSSR count). The lowest BCUT2D eigenvalue weighted by molar-refractivity contribution is -0.568. The monoisotopic (exact) mass is 444 g/mol. The summed E-state index contributed by atoms with van der Waals surface area (Å²) in [7, 11) is 0. The van der Waals surface area contributed by atoms with Gasteiger partial charge in [0.05, 0.1) is 4.32 Å². The summed E-state index contributed by atoms with van der Waals surface area (Å²) < 4.78 is 12.6. The highest BCUT2D eigenvalue weighted by molar-refractivity contribution is 9.10. The lowest BCUT2D eigenvalue weighted by atomic mass is 9.58. The number of nitrogens with zero attached hydrogens (tertiary/aromatic N) is 1. The molecule has 5 heterocycles. The molecule has 5 fully saturated rings. The number of fused-ring (bicyclic) bond motifs is 2. The van der Waals surface area contributed by atoms with Crippen molar-refractivity contribution >= 4 is 32.4 Å². The third-order valence-electron chi connectivity index (χ3n) is 6.86. The van der Waals surface area contributed by atoms with E-state index < -0.39 is 17.7 Å². The van der Waals surface area contributed by atoms with Gasteiger partial charge in [0.1, 0.15) is 6.23 Å². The maximum atomic E-state index is 6.52. The second kappa shape index (κ2) is 5.87. The van der Waals surface area contributed by atoms with Crippen molar-refractivity contribution in [2.45, 2.75) is 74.7 Å². The number of ether oxygens (including phenoxy) is 2. The van der Waals surface area contributed by atoms with Crippen LogP contribution in [0, 0.1) is 17.8 Å². The molecule has 1 aromatic heterocycles. The summed E-state index contributed by atoms with van der Waals surface area (Å²) in [6.07, 6.45) is 5.14. The molecular weight excluding hydrogens is 420 g/mol. The third kappa shape index (κ3) is 2.39. The standard InChI is InChI=1S/C18H25BrN2O4S/c1-10-4-5-12-17(3,19)13(21-15-20-8-9-26-15)22-14-18(12)11(10)6-7-16(2,23-14)24-25-18/h8-14H,4-7H2,1-3H3,(H,20,21)/t10-,11+,12+,13+,14-,16+,17+,18-/m1/s1. The second-order valence-corrected chi connectivity index (χ2v) is 11.1. The van der Waals surface area contributed by atoms with Gasteiger partial charge >= 0.3 is 0 Å². The largest absolute Gasteiger partial charge is 0.335 e. The number of nitrogens with one attached hydrogen (secondary N) is 1. The van der Waals surface area contributed by atoms with Crippen LogP contribution in [0.25, 0.3) is 0 Å². The van der Waals surface area contributed by atoms with Crippen molar-refractivity contribution in [2.24, 2.45) is 17.8 Å². The zero-order valence-electron chi connectivity index (χ0n) is 15.2. The van der Waals surface area contributed by atoms with Crippen molar-refractivity contribution in [2.75, 3.05) is 5.32 Å². The van der Waals surface area contributed by atoms with Gasteiger partial charge in [-0.3, -0.25) is 0 Å². The third-order valence-corrected chi connectivity index (χ3v) is 8.53. The van der Waals surface area contributed by atoms with Gasteiger partial charge in [0, 0.05) is 23.9 Å². The van der Waals surface area contributed by atoms with Crippen molar-refractivity contribution in [3.8, 4) is 0 Å². The molecule has 5 aliphatic rings. The molecular formula is C18H25BrN2O4S. The Balaban J connectivity index is 1.56. The van der Waals surface area contributed by atoms with Gasteiger partial charge in [-0.2, -0.15) is 0 Å². The quantitative estimate of drug-likeness (QED) is 0.542. The lowest BCUT2D eigenvalue weighted by Crippen LogP contribution is -2.74. The molecule has 1 N–H and O–H groups in total. The van der Waals surface area contributed by atoms with Crippen LogP contribution in [0.2, 0.25) is 0 Å². The molecule has 6 nitrogen and oxygen atoms in total. The van der Waals surface area contributed by atoms with E-state index in [1.54, 1.807) is 17.5 Å². The zero-order chi connectivity index (χ0) is 18.2. The summed E-state index contributed by atoms with van der Waals surface area (Å²) in [6.45, 7) is 6.46. The Morgan fingerprint density at radius 2 is 2.12 bits per heavy atom. The minimum absolute atomic E-state index is 0.204. The first kappa shape index (κ1) is 17.8. The van der Waals surface area contributed by atoms with Crippen molar-refractivity contribution in [1.82, 2.24) is 4.98 Å². The van der Waals surface area contributed by atoms with Crippen LogP contribution in [0.1, 0.15) is 46.5 Å². The van der Waals surface area contributed by atoms with E-state index in [-0.39, 0.29) is 16.5 Å². The highest BCUT2D eigenvalue weighted by Crippen LogP contribution is 2.63. The van der Waals surface area contributed by atoms with Crippen molar-refractivity contribution < 1.29 is 19.2 Å². The maximum absolute atomic E-state index is 6.52. The van der Waals surface area contributed by atoms with Gasteiger partial charge in [-0.25, -0.2) is 14.8 Å². The van der Waals surface area contributed by atoms with Crippen molar-refractivity contribution in [1.29, 1.82) is 0 Å². The summed E-state index contributed by atoms with van der Waals surface area (Å²) in [4.78, 5) is 16.4. The van der Waals surface area contributed by atoms with Gasteiger partial charge in [-0.1, -0.05) is 22.9 Å². The molecule has 1 aromatic rings. The van der Waals surface area contributed by atoms with Crippen LogP contribution in [0.5, 0.6) is 0 Å². The van der Waals surface area contributed by atoms with Crippen LogP contribution >= 0.6 is 27.3 Å². The summed E-state index contributed by atoms with van der Waals surface area (Å²) in [6, 6.07) is 0. The summed E-state index contributed by atoms with van der Waals surface area (Å²) in [5.41, 5.74) is -0.576. The smallest absolute Gasteiger partial charge is 0.201 e. The molecule has 0 amide bonds. The molecule has 2 bridgehead atoms. The van der Waals surface area contributed by atoms with Crippen molar-refractivity contribution in [3.63, 3.8) is 0 Å². The van der Waals surface area contributed by atoms with Crippen LogP contribution in [0.3, 0.4) is 0 Å². The Morgan fingerprint density at radius 3 is 2.88 bits per heavy atom. The van der Waals surface area contributed by atoms with E-state index in [4.69, 9.17) is 19.2 Å². The predicted octanol–water partition coefficient (Wildman–Crippen LogP) is 4.28. The average molecular weight is 445 g/mol. The number of anilines is 1. The van der Waals surface area contributed by atoms with Crippen molar-refractivity contribution in [3.05, 3.63) is 11.6 Å². The molecule has 8 atom stereocenters. The Morgan fingerprint density at radius 1 is 1.27 bits per heavy atom. The first-order valence-electron chi connectivity index (χ1n) is 9.40. The second-order valence-electron chi connectivity index (χ2n) is 8.51. The molecule has 1 saturated carbocycles. The average Bonchev–Trinajstić information content (AvgIpc) is 2.99. The summed E-state index contributed by atoms with van der Waals surface area (Å²) in [5, 5.41) is 6.25. The SMILES string of the molecule is C[C@@H]1CC[C@H]2[C@](C)(Br)[C@@H](Nc3nccs3)O[C@@H]3O[C@]4(C)CC[C@@H]1[C@]32OO4. The number of halogens is 1. The van der Waals surface area contributed by atoms with E-state index >= 15 is 0 Å². The van der Waals surface area contributed by atoms with Crippen LogP contribution in [-0.2, 0) is 19.2 Å². The highest BCUT2D eigenvalue weighted by Gasteiger charge is 2.72. The number of hydrogen-bond donors (Lipinski definition) is 1. The molecule has 1 aliphatic carbocycles. The minimum atomic E-state index is -0.747. The molecule has 4 aliphatic heterocycles. The first-order chi connectivity index (χ1) is 12.4. The highest BCUT2D eigenvalue weighted by atomic mass is 79.9. The van der Waals surface area contributed by atoms with E-state index in [2.05, 4.69) is 40.1 Å². The topological polar surface area (TPSA) is 61.8 Å². The first-order valence-corrected chi connectivity index (χ1v) is 11.1. The fourth-order valence-electron chi connectivity index (χ4n) is 5.46. The van der Waals surface area contributed by atoms with Crippen LogP contribution in [-0.4, -0.2) is 33.2 Å². The Bertz CT molecular complexity index is 689. The number of alkyl halides is 1. The van der Waals surface area contributed by atoms with E-state index in [0.717, 1.165) is 24.4 Å². The van der Waals surface area contributed by atoms with Gasteiger partial charge in [-0.05, 0) is 44.9 Å². The maximum Gasteiger partial charge on any atom is 0.201 e. The van der Waals surface area contributed by atoms with E-state index in [1.165, 1.54) is 6.42 Å². The van der Waals surface area contributed by atoms with Gasteiger partial charge in [0.15, 0.2) is 17.0 Å². The van der Waals surface area contributed by atoms with Crippen LogP contribution in [0.4, 0.5) is 5.13 Å². The van der Waals surface area contributed by atoms with Gasteiger partial charge in [0.25, 0.3) is 0 Å². The lowest BCUT2D eigenvalue weighted by Gasteiger charge is -2.62. The fraction of sp³-hybridized carbons (Fsp3) is 0.833. The van der Waals surface area contributed by atoms with Gasteiger partial charge in [-0.15, -0.1) is 11.3 Å². The fourth-order valence-corrected chi connectivity index (χ4v) is 6.82. The number of thiazole rings is 1. The van der Waals surface area contributed by atoms with Crippen LogP contribution in [0.15, 0.2) is 11.6 Å². The number of aromatic nitrogens is 1. The molecule has 1 spiro atoms. The minimum Gasteiger partial charge on any atom is -0.335 e. The van der Waals surface area contributed by atoms with Crippen LogP contribution < -0.4 is 5.32 Å². The number of rotatable bonds is 2. The summed E-state index contributed by atoms with van der Waals surface area (Å²) >= 11 is 5.57. The van der Waals surface area contributed by atoms with Gasteiger partial charge < -0.3 is 14.8 Å².